The van der Waals surface area contributed by atoms with Gasteiger partial charge in [-0.2, -0.15) is 0 Å². The highest BCUT2D eigenvalue weighted by atomic mass is 28.3. The molecule has 5 heteroatoms. The normalized spacial score (nSPS) is 15.2. The van der Waals surface area contributed by atoms with Crippen molar-refractivity contribution in [3.8, 4) is 56.3 Å². The van der Waals surface area contributed by atoms with Gasteiger partial charge < -0.3 is 5.11 Å². The Hall–Kier alpha value is -5.26. The van der Waals surface area contributed by atoms with Gasteiger partial charge in [-0.3, -0.25) is 9.55 Å². The van der Waals surface area contributed by atoms with E-state index in [4.69, 9.17) is 9.97 Å². The molecule has 3 heterocycles. The lowest BCUT2D eigenvalue weighted by atomic mass is 9.78. The summed E-state index contributed by atoms with van der Waals surface area (Å²) in [5.41, 5.74) is 15.9. The number of fused-ring (bicyclic) bond motifs is 1. The van der Waals surface area contributed by atoms with E-state index in [1.807, 2.05) is 6.20 Å². The SMILES string of the molecule is CC(C)(C)c1cc(-c2cc(-c3ccccc3)ccn2)cc(-c2cccc3c2nc(-c2cc(C(C)(C)C)cc(C(C)(C)C)c2O)n3-c2ccc(C(C)(C)C)cc2C2CC[Si](C)(C)CC2)c1. The lowest BCUT2D eigenvalue weighted by molar-refractivity contribution is 0.446. The van der Waals surface area contributed by atoms with Gasteiger partial charge in [-0.15, -0.1) is 0 Å². The Balaban J connectivity index is 1.45. The van der Waals surface area contributed by atoms with E-state index in [0.717, 1.165) is 61.6 Å². The van der Waals surface area contributed by atoms with Crippen LogP contribution in [0.25, 0.3) is 61.6 Å². The van der Waals surface area contributed by atoms with Crippen molar-refractivity contribution in [1.82, 2.24) is 14.5 Å². The minimum absolute atomic E-state index is 0.00482. The van der Waals surface area contributed by atoms with Crippen LogP contribution in [0.15, 0.2) is 115 Å². The number of aromatic hydroxyl groups is 1. The van der Waals surface area contributed by atoms with Crippen LogP contribution < -0.4 is 0 Å². The molecule has 5 aromatic carbocycles. The predicted octanol–water partition coefficient (Wildman–Crippen LogP) is 16.6. The first-order valence-corrected chi connectivity index (χ1v) is 27.0. The molecule has 64 heavy (non-hydrogen) atoms. The van der Waals surface area contributed by atoms with Gasteiger partial charge in [0.1, 0.15) is 11.6 Å². The number of pyridine rings is 1. The van der Waals surface area contributed by atoms with Crippen molar-refractivity contribution in [2.75, 3.05) is 0 Å². The molecule has 1 aliphatic rings. The monoisotopic (exact) mass is 866 g/mol. The second-order valence-electron chi connectivity index (χ2n) is 23.7. The number of phenols is 1. The van der Waals surface area contributed by atoms with Crippen LogP contribution in [0.2, 0.25) is 25.2 Å². The summed E-state index contributed by atoms with van der Waals surface area (Å²) in [7, 11) is -1.23. The largest absolute Gasteiger partial charge is 0.507 e. The zero-order chi connectivity index (χ0) is 46.1. The van der Waals surface area contributed by atoms with Crippen molar-refractivity contribution in [3.05, 3.63) is 143 Å². The van der Waals surface area contributed by atoms with Gasteiger partial charge in [-0.25, -0.2) is 4.98 Å². The molecule has 7 aromatic rings. The standard InChI is InChI=1S/C59H71N3OSi/c1-56(2,3)43-23-24-51(47(35-43)39-26-29-64(13,14)30-27-39)62-52-22-18-21-46(53(52)61-55(62)48-36-45(58(7,8)9)37-49(54(48)63)59(10,11)12)41-31-42(33-44(32-41)57(4,5)6)50-34-40(25-28-60-50)38-19-16-15-17-20-38/h15-25,28,31-37,39,63H,26-27,29-30H2,1-14H3. The fourth-order valence-electron chi connectivity index (χ4n) is 9.59. The summed E-state index contributed by atoms with van der Waals surface area (Å²) in [4.78, 5) is 10.7. The maximum Gasteiger partial charge on any atom is 0.149 e. The van der Waals surface area contributed by atoms with Crippen molar-refractivity contribution >= 4 is 19.1 Å². The average molecular weight is 866 g/mol. The molecule has 1 N–H and O–H groups in total. The molecule has 1 saturated heterocycles. The van der Waals surface area contributed by atoms with Gasteiger partial charge in [0, 0.05) is 31.0 Å². The summed E-state index contributed by atoms with van der Waals surface area (Å²) in [6, 6.07) is 42.8. The van der Waals surface area contributed by atoms with Crippen LogP contribution >= 0.6 is 0 Å². The number of aromatic nitrogens is 3. The maximum atomic E-state index is 12.6. The van der Waals surface area contributed by atoms with E-state index in [0.29, 0.717) is 11.7 Å². The van der Waals surface area contributed by atoms with Crippen LogP contribution in [0.3, 0.4) is 0 Å². The molecule has 1 aliphatic heterocycles. The fraction of sp³-hybridized carbons (Fsp3) is 0.390. The summed E-state index contributed by atoms with van der Waals surface area (Å²) in [6.07, 6.45) is 4.33. The van der Waals surface area contributed by atoms with Crippen molar-refractivity contribution in [2.24, 2.45) is 0 Å². The summed E-state index contributed by atoms with van der Waals surface area (Å²) in [5, 5.41) is 12.6. The lowest BCUT2D eigenvalue weighted by Crippen LogP contribution is -2.30. The zero-order valence-corrected chi connectivity index (χ0v) is 42.2. The van der Waals surface area contributed by atoms with E-state index in [1.54, 1.807) is 0 Å². The van der Waals surface area contributed by atoms with Gasteiger partial charge in [-0.05, 0) is 122 Å². The van der Waals surface area contributed by atoms with Gasteiger partial charge in [0.05, 0.1) is 28.0 Å². The van der Waals surface area contributed by atoms with Crippen LogP contribution in [0.5, 0.6) is 5.75 Å². The Bertz CT molecular complexity index is 2840. The first-order valence-electron chi connectivity index (χ1n) is 23.6. The molecule has 0 aliphatic carbocycles. The Kier molecular flexibility index (Phi) is 11.5. The van der Waals surface area contributed by atoms with E-state index in [9.17, 15) is 5.11 Å². The summed E-state index contributed by atoms with van der Waals surface area (Å²) in [5.74, 6) is 1.52. The van der Waals surface area contributed by atoms with Crippen LogP contribution in [0.1, 0.15) is 130 Å². The number of hydrogen-bond donors (Lipinski definition) is 1. The lowest BCUT2D eigenvalue weighted by Gasteiger charge is -2.35. The highest BCUT2D eigenvalue weighted by Crippen LogP contribution is 2.48. The molecular weight excluding hydrogens is 795 g/mol. The topological polar surface area (TPSA) is 50.9 Å². The molecule has 2 aromatic heterocycles. The first kappa shape index (κ1) is 45.3. The highest BCUT2D eigenvalue weighted by molar-refractivity contribution is 6.77. The third kappa shape index (κ3) is 9.03. The number of para-hydroxylation sites is 1. The molecule has 0 unspecified atom stereocenters. The Morgan fingerprint density at radius 1 is 0.562 bits per heavy atom. The Morgan fingerprint density at radius 3 is 1.84 bits per heavy atom. The van der Waals surface area contributed by atoms with E-state index < -0.39 is 8.07 Å². The van der Waals surface area contributed by atoms with Crippen LogP contribution in [0.4, 0.5) is 0 Å². The molecule has 1 fully saturated rings. The molecular formula is C59H71N3OSi. The molecule has 0 radical (unpaired) electrons. The van der Waals surface area contributed by atoms with Gasteiger partial charge in [0.2, 0.25) is 0 Å². The highest BCUT2D eigenvalue weighted by Gasteiger charge is 2.34. The smallest absolute Gasteiger partial charge is 0.149 e. The van der Waals surface area contributed by atoms with Crippen LogP contribution in [-0.2, 0) is 21.7 Å². The number of benzene rings is 5. The molecule has 0 spiro atoms. The molecule has 4 nitrogen and oxygen atoms in total. The number of hydrogen-bond acceptors (Lipinski definition) is 3. The zero-order valence-electron chi connectivity index (χ0n) is 41.2. The summed E-state index contributed by atoms with van der Waals surface area (Å²) >= 11 is 0. The second-order valence-corrected chi connectivity index (χ2v) is 29.0. The molecule has 0 bridgehead atoms. The van der Waals surface area contributed by atoms with E-state index in [1.165, 1.54) is 52.7 Å². The Labute approximate surface area is 385 Å². The third-order valence-electron chi connectivity index (χ3n) is 13.9. The van der Waals surface area contributed by atoms with Crippen molar-refractivity contribution < 1.29 is 5.11 Å². The predicted molar refractivity (Wildman–Crippen MR) is 276 cm³/mol. The summed E-state index contributed by atoms with van der Waals surface area (Å²) in [6.45, 7) is 32.3. The number of imidazole rings is 1. The quantitative estimate of drug-likeness (QED) is 0.169. The van der Waals surface area contributed by atoms with Crippen molar-refractivity contribution in [3.63, 3.8) is 0 Å². The van der Waals surface area contributed by atoms with Crippen LogP contribution in [-0.4, -0.2) is 27.7 Å². The van der Waals surface area contributed by atoms with Gasteiger partial charge in [-0.1, -0.05) is 175 Å². The fourth-order valence-corrected chi connectivity index (χ4v) is 12.1. The molecule has 0 saturated carbocycles. The van der Waals surface area contributed by atoms with E-state index >= 15 is 0 Å². The molecule has 332 valence electrons. The van der Waals surface area contributed by atoms with Crippen LogP contribution in [0, 0.1) is 0 Å². The van der Waals surface area contributed by atoms with E-state index in [2.05, 4.69) is 210 Å². The third-order valence-corrected chi connectivity index (χ3v) is 17.2. The number of phenolic OH excluding ortho intramolecular Hbond substituents is 1. The molecule has 0 atom stereocenters. The van der Waals surface area contributed by atoms with E-state index in [-0.39, 0.29) is 21.7 Å². The number of rotatable bonds is 6. The minimum atomic E-state index is -1.23. The first-order chi connectivity index (χ1) is 29.9. The number of nitrogens with zero attached hydrogens (tertiary/aromatic N) is 3. The Morgan fingerprint density at radius 2 is 1.20 bits per heavy atom. The van der Waals surface area contributed by atoms with Crippen molar-refractivity contribution in [2.45, 2.75) is 149 Å². The molecule has 0 amide bonds. The van der Waals surface area contributed by atoms with Gasteiger partial charge in [0.25, 0.3) is 0 Å². The molecule has 8 rings (SSSR count). The van der Waals surface area contributed by atoms with Crippen molar-refractivity contribution in [1.29, 1.82) is 0 Å². The summed E-state index contributed by atoms with van der Waals surface area (Å²) < 4.78 is 2.41. The van der Waals surface area contributed by atoms with Gasteiger partial charge >= 0.3 is 0 Å². The minimum Gasteiger partial charge on any atom is -0.507 e. The average Bonchev–Trinajstić information content (AvgIpc) is 3.62. The maximum absolute atomic E-state index is 12.6. The second kappa shape index (κ2) is 16.3. The van der Waals surface area contributed by atoms with Gasteiger partial charge in [0.15, 0.2) is 0 Å².